The number of hydrogen-bond acceptors (Lipinski definition) is 6. The van der Waals surface area contributed by atoms with Crippen LogP contribution in [0.4, 0.5) is 5.69 Å². The molecular weight excluding hydrogens is 242 g/mol. The Morgan fingerprint density at radius 3 is 2.50 bits per heavy atom. The van der Waals surface area contributed by atoms with Crippen LogP contribution in [0.25, 0.3) is 0 Å². The van der Waals surface area contributed by atoms with Crippen molar-refractivity contribution in [2.24, 2.45) is 0 Å². The summed E-state index contributed by atoms with van der Waals surface area (Å²) in [5.74, 6) is -1.52. The van der Waals surface area contributed by atoms with Crippen molar-refractivity contribution in [2.75, 3.05) is 12.3 Å². The summed E-state index contributed by atoms with van der Waals surface area (Å²) in [6.45, 7) is 0.0382. The number of aromatic hydroxyl groups is 1. The average Bonchev–Trinajstić information content (AvgIpc) is 2.34. The Labute approximate surface area is 102 Å². The highest BCUT2D eigenvalue weighted by Gasteiger charge is 2.08. The predicted molar refractivity (Wildman–Crippen MR) is 60.7 cm³/mol. The van der Waals surface area contributed by atoms with Crippen molar-refractivity contribution in [3.05, 3.63) is 36.1 Å². The maximum atomic E-state index is 10.4. The first-order chi connectivity index (χ1) is 8.50. The van der Waals surface area contributed by atoms with Gasteiger partial charge in [0.25, 0.3) is 0 Å². The summed E-state index contributed by atoms with van der Waals surface area (Å²) in [5.41, 5.74) is 5.43. The van der Waals surface area contributed by atoms with E-state index in [1.807, 2.05) is 0 Å². The van der Waals surface area contributed by atoms with Gasteiger partial charge in [-0.1, -0.05) is 0 Å². The van der Waals surface area contributed by atoms with E-state index in [4.69, 9.17) is 15.9 Å². The van der Waals surface area contributed by atoms with Gasteiger partial charge in [-0.3, -0.25) is 4.79 Å². The summed E-state index contributed by atoms with van der Waals surface area (Å²) >= 11 is 0. The van der Waals surface area contributed by atoms with Crippen LogP contribution in [-0.4, -0.2) is 28.6 Å². The predicted octanol–water partition coefficient (Wildman–Crippen LogP) is 0.704. The summed E-state index contributed by atoms with van der Waals surface area (Å²) in [7, 11) is 0. The molecule has 0 saturated heterocycles. The lowest BCUT2D eigenvalue weighted by Crippen LogP contribution is -2.08. The zero-order valence-electron chi connectivity index (χ0n) is 9.20. The number of hydrogen-bond donors (Lipinski definition) is 3. The molecule has 7 nitrogen and oxygen atoms in total. The first kappa shape index (κ1) is 13.5. The van der Waals surface area contributed by atoms with Gasteiger partial charge in [0.15, 0.2) is 12.4 Å². The van der Waals surface area contributed by atoms with Crippen molar-refractivity contribution in [3.63, 3.8) is 0 Å². The Kier molecular flexibility index (Phi) is 4.70. The molecule has 0 atom stereocenters. The smallest absolute Gasteiger partial charge is 0.339 e. The number of carbonyl (C=O) groups is 2. The van der Waals surface area contributed by atoms with Crippen LogP contribution in [0, 0.1) is 0 Å². The molecule has 1 heterocycles. The molecule has 96 valence electrons. The second kappa shape index (κ2) is 6.26. The zero-order valence-corrected chi connectivity index (χ0v) is 9.20. The van der Waals surface area contributed by atoms with Gasteiger partial charge >= 0.3 is 5.97 Å². The number of rotatable bonds is 1. The molecule has 0 spiro atoms. The Morgan fingerprint density at radius 2 is 2.11 bits per heavy atom. The molecule has 0 radical (unpaired) electrons. The number of ketones is 1. The molecule has 1 aliphatic heterocycles. The molecule has 2 rings (SSSR count). The van der Waals surface area contributed by atoms with Crippen molar-refractivity contribution in [2.45, 2.75) is 0 Å². The summed E-state index contributed by atoms with van der Waals surface area (Å²) in [6.07, 6.45) is 2.54. The number of phenols is 1. The Hall–Kier alpha value is -2.54. The molecule has 0 bridgehead atoms. The van der Waals surface area contributed by atoms with Crippen molar-refractivity contribution in [3.8, 4) is 5.75 Å². The van der Waals surface area contributed by atoms with Crippen molar-refractivity contribution in [1.29, 1.82) is 0 Å². The van der Waals surface area contributed by atoms with E-state index in [9.17, 15) is 9.59 Å². The second-order valence-corrected chi connectivity index (χ2v) is 3.21. The van der Waals surface area contributed by atoms with Gasteiger partial charge in [0, 0.05) is 11.8 Å². The third-order valence-electron chi connectivity index (χ3n) is 1.83. The van der Waals surface area contributed by atoms with Gasteiger partial charge < -0.3 is 20.8 Å². The van der Waals surface area contributed by atoms with E-state index in [0.717, 1.165) is 0 Å². The third kappa shape index (κ3) is 4.14. The van der Waals surface area contributed by atoms with Crippen LogP contribution >= 0.6 is 0 Å². The Balaban J connectivity index is 0.000000199. The minimum atomic E-state index is -1.19. The molecule has 4 N–H and O–H groups in total. The minimum absolute atomic E-state index is 0.0382. The van der Waals surface area contributed by atoms with Gasteiger partial charge in [0.05, 0.1) is 0 Å². The maximum absolute atomic E-state index is 10.4. The fourth-order valence-electron chi connectivity index (χ4n) is 1.01. The van der Waals surface area contributed by atoms with Crippen LogP contribution in [0.5, 0.6) is 5.75 Å². The molecule has 7 heteroatoms. The van der Waals surface area contributed by atoms with Crippen LogP contribution in [-0.2, 0) is 14.6 Å². The number of nitrogen functional groups attached to an aromatic ring is 1. The van der Waals surface area contributed by atoms with E-state index in [1.165, 1.54) is 30.5 Å². The minimum Gasteiger partial charge on any atom is -0.507 e. The SMILES string of the molecule is Nc1ccc(O)c(C(=O)O)c1.O=C1C=COOC1. The quantitative estimate of drug-likeness (QED) is 0.383. The van der Waals surface area contributed by atoms with E-state index in [0.29, 0.717) is 5.69 Å². The molecular formula is C11H11NO6. The van der Waals surface area contributed by atoms with E-state index in [1.54, 1.807) is 0 Å². The standard InChI is InChI=1S/C7H7NO3.C4H4O3/c8-4-1-2-6(9)5(3-4)7(10)11;5-4-1-2-6-7-3-4/h1-3,9H,8H2,(H,10,11);1-2H,3H2. The second-order valence-electron chi connectivity index (χ2n) is 3.21. The highest BCUT2D eigenvalue weighted by Crippen LogP contribution is 2.18. The largest absolute Gasteiger partial charge is 0.507 e. The highest BCUT2D eigenvalue weighted by molar-refractivity contribution is 5.91. The number of aromatic carboxylic acids is 1. The first-order valence-electron chi connectivity index (χ1n) is 4.80. The van der Waals surface area contributed by atoms with Gasteiger partial charge in [-0.05, 0) is 18.2 Å². The first-order valence-corrected chi connectivity index (χ1v) is 4.80. The highest BCUT2D eigenvalue weighted by atomic mass is 17.2. The number of benzene rings is 1. The third-order valence-corrected chi connectivity index (χ3v) is 1.83. The lowest BCUT2D eigenvalue weighted by atomic mass is 10.2. The van der Waals surface area contributed by atoms with Gasteiger partial charge in [-0.2, -0.15) is 4.89 Å². The average molecular weight is 253 g/mol. The zero-order chi connectivity index (χ0) is 13.5. The normalized spacial score (nSPS) is 13.2. The molecule has 18 heavy (non-hydrogen) atoms. The van der Waals surface area contributed by atoms with E-state index in [2.05, 4.69) is 9.78 Å². The van der Waals surface area contributed by atoms with Crippen LogP contribution in [0.15, 0.2) is 30.5 Å². The fraction of sp³-hybridized carbons (Fsp3) is 0.0909. The van der Waals surface area contributed by atoms with Gasteiger partial charge in [-0.15, -0.1) is 0 Å². The number of nitrogens with two attached hydrogens (primary N) is 1. The van der Waals surface area contributed by atoms with E-state index < -0.39 is 5.97 Å². The molecule has 1 aliphatic rings. The van der Waals surface area contributed by atoms with Crippen molar-refractivity contribution in [1.82, 2.24) is 0 Å². The number of carboxylic acid groups (broad SMARTS) is 1. The fourth-order valence-corrected chi connectivity index (χ4v) is 1.01. The lowest BCUT2D eigenvalue weighted by molar-refractivity contribution is -0.248. The molecule has 1 aromatic rings. The van der Waals surface area contributed by atoms with Crippen LogP contribution < -0.4 is 5.73 Å². The Morgan fingerprint density at radius 1 is 1.39 bits per heavy atom. The van der Waals surface area contributed by atoms with E-state index in [-0.39, 0.29) is 23.7 Å². The maximum Gasteiger partial charge on any atom is 0.339 e. The van der Waals surface area contributed by atoms with Crippen LogP contribution in [0.1, 0.15) is 10.4 Å². The summed E-state index contributed by atoms with van der Waals surface area (Å²) in [5, 5.41) is 17.4. The van der Waals surface area contributed by atoms with Crippen LogP contribution in [0.3, 0.4) is 0 Å². The molecule has 0 fully saturated rings. The number of anilines is 1. The molecule has 0 saturated carbocycles. The summed E-state index contributed by atoms with van der Waals surface area (Å²) in [6, 6.07) is 3.89. The summed E-state index contributed by atoms with van der Waals surface area (Å²) < 4.78 is 0. The monoisotopic (exact) mass is 253 g/mol. The summed E-state index contributed by atoms with van der Waals surface area (Å²) in [4.78, 5) is 29.0. The van der Waals surface area contributed by atoms with Crippen LogP contribution in [0.2, 0.25) is 0 Å². The molecule has 0 aliphatic carbocycles. The lowest BCUT2D eigenvalue weighted by Gasteiger charge is -2.00. The van der Waals surface area contributed by atoms with Gasteiger partial charge in [0.2, 0.25) is 0 Å². The number of carbonyl (C=O) groups excluding carboxylic acids is 1. The van der Waals surface area contributed by atoms with Gasteiger partial charge in [0.1, 0.15) is 17.6 Å². The van der Waals surface area contributed by atoms with Crippen molar-refractivity contribution >= 4 is 17.4 Å². The number of carboxylic acids is 1. The molecule has 0 unspecified atom stereocenters. The Bertz CT molecular complexity index is 482. The molecule has 1 aromatic carbocycles. The molecule has 0 amide bonds. The van der Waals surface area contributed by atoms with E-state index >= 15 is 0 Å². The van der Waals surface area contributed by atoms with Crippen molar-refractivity contribution < 1.29 is 29.6 Å². The topological polar surface area (TPSA) is 119 Å². The van der Waals surface area contributed by atoms with Gasteiger partial charge in [-0.25, -0.2) is 4.79 Å². The molecule has 0 aromatic heterocycles.